The van der Waals surface area contributed by atoms with Crippen molar-refractivity contribution in [2.75, 3.05) is 53.5 Å². The summed E-state index contributed by atoms with van der Waals surface area (Å²) in [5.41, 5.74) is -0.0873. The van der Waals surface area contributed by atoms with E-state index in [0.29, 0.717) is 6.54 Å². The standard InChI is InChI=1S/C16H23N3O6S/c1-24-15(20)12-9-13(16(21)25-2)11-14(10-12)26(22,23)18-5-8-19-6-3-17-4-7-19/h9-11,17-18H,3-8H2,1-2H3. The van der Waals surface area contributed by atoms with E-state index >= 15 is 0 Å². The van der Waals surface area contributed by atoms with Crippen LogP contribution in [0.5, 0.6) is 0 Å². The van der Waals surface area contributed by atoms with Crippen molar-refractivity contribution >= 4 is 22.0 Å². The van der Waals surface area contributed by atoms with Crippen molar-refractivity contribution in [1.29, 1.82) is 0 Å². The first-order valence-electron chi connectivity index (χ1n) is 8.12. The number of ether oxygens (including phenoxy) is 2. The molecule has 0 bridgehead atoms. The molecule has 0 saturated carbocycles. The van der Waals surface area contributed by atoms with E-state index in [4.69, 9.17) is 0 Å². The van der Waals surface area contributed by atoms with Gasteiger partial charge in [0.15, 0.2) is 0 Å². The number of methoxy groups -OCH3 is 2. The van der Waals surface area contributed by atoms with Gasteiger partial charge in [0.05, 0.1) is 30.2 Å². The van der Waals surface area contributed by atoms with Crippen molar-refractivity contribution in [2.45, 2.75) is 4.90 Å². The largest absolute Gasteiger partial charge is 0.465 e. The predicted octanol–water partition coefficient (Wildman–Crippen LogP) is -0.557. The quantitative estimate of drug-likeness (QED) is 0.601. The summed E-state index contributed by atoms with van der Waals surface area (Å²) in [6, 6.07) is 3.58. The maximum atomic E-state index is 12.6. The summed E-state index contributed by atoms with van der Waals surface area (Å²) >= 11 is 0. The molecule has 2 rings (SSSR count). The second-order valence-electron chi connectivity index (χ2n) is 5.72. The van der Waals surface area contributed by atoms with Crippen molar-refractivity contribution in [3.05, 3.63) is 29.3 Å². The molecule has 10 heteroatoms. The number of benzene rings is 1. The summed E-state index contributed by atoms with van der Waals surface area (Å²) in [6.07, 6.45) is 0. The molecule has 144 valence electrons. The highest BCUT2D eigenvalue weighted by atomic mass is 32.2. The van der Waals surface area contributed by atoms with Crippen molar-refractivity contribution in [1.82, 2.24) is 14.9 Å². The third-order valence-electron chi connectivity index (χ3n) is 3.99. The van der Waals surface area contributed by atoms with Crippen LogP contribution in [0.2, 0.25) is 0 Å². The van der Waals surface area contributed by atoms with Crippen LogP contribution in [-0.4, -0.2) is 78.7 Å². The van der Waals surface area contributed by atoms with Gasteiger partial charge in [-0.15, -0.1) is 0 Å². The minimum Gasteiger partial charge on any atom is -0.465 e. The van der Waals surface area contributed by atoms with Gasteiger partial charge in [0, 0.05) is 39.3 Å². The Morgan fingerprint density at radius 3 is 2.12 bits per heavy atom. The monoisotopic (exact) mass is 385 g/mol. The Hall–Kier alpha value is -2.01. The van der Waals surface area contributed by atoms with E-state index in [9.17, 15) is 18.0 Å². The number of hydrogen-bond donors (Lipinski definition) is 2. The summed E-state index contributed by atoms with van der Waals surface area (Å²) < 4.78 is 36.8. The number of sulfonamides is 1. The molecular weight excluding hydrogens is 362 g/mol. The van der Waals surface area contributed by atoms with Gasteiger partial charge < -0.3 is 14.8 Å². The highest BCUT2D eigenvalue weighted by molar-refractivity contribution is 7.89. The molecule has 0 aliphatic carbocycles. The zero-order valence-electron chi connectivity index (χ0n) is 14.8. The van der Waals surface area contributed by atoms with Gasteiger partial charge in [-0.2, -0.15) is 0 Å². The molecule has 0 unspecified atom stereocenters. The van der Waals surface area contributed by atoms with Crippen molar-refractivity contribution < 1.29 is 27.5 Å². The molecule has 0 aromatic heterocycles. The molecule has 1 aromatic rings. The van der Waals surface area contributed by atoms with Crippen LogP contribution in [0, 0.1) is 0 Å². The minimum atomic E-state index is -3.90. The number of carbonyl (C=O) groups is 2. The molecular formula is C16H23N3O6S. The van der Waals surface area contributed by atoms with Crippen molar-refractivity contribution in [2.24, 2.45) is 0 Å². The van der Waals surface area contributed by atoms with Crippen LogP contribution < -0.4 is 10.0 Å². The lowest BCUT2D eigenvalue weighted by atomic mass is 10.1. The predicted molar refractivity (Wildman–Crippen MR) is 93.6 cm³/mol. The zero-order chi connectivity index (χ0) is 19.2. The molecule has 1 aliphatic heterocycles. The fraction of sp³-hybridized carbons (Fsp3) is 0.500. The first kappa shape index (κ1) is 20.3. The molecule has 0 radical (unpaired) electrons. The van der Waals surface area contributed by atoms with Gasteiger partial charge in [-0.3, -0.25) is 4.90 Å². The highest BCUT2D eigenvalue weighted by Crippen LogP contribution is 2.17. The Kier molecular flexibility index (Phi) is 7.09. The molecule has 1 heterocycles. The number of piperazine rings is 1. The zero-order valence-corrected chi connectivity index (χ0v) is 15.6. The van der Waals surface area contributed by atoms with Crippen LogP contribution in [0.3, 0.4) is 0 Å². The van der Waals surface area contributed by atoms with E-state index in [2.05, 4.69) is 24.4 Å². The van der Waals surface area contributed by atoms with E-state index in [1.54, 1.807) is 0 Å². The molecule has 1 aliphatic rings. The van der Waals surface area contributed by atoms with Crippen LogP contribution in [0.25, 0.3) is 0 Å². The smallest absolute Gasteiger partial charge is 0.337 e. The number of esters is 2. The lowest BCUT2D eigenvalue weighted by Gasteiger charge is -2.27. The first-order chi connectivity index (χ1) is 12.4. The van der Waals surface area contributed by atoms with Crippen LogP contribution in [0.1, 0.15) is 20.7 Å². The maximum absolute atomic E-state index is 12.6. The summed E-state index contributed by atoms with van der Waals surface area (Å²) in [5, 5.41) is 3.22. The number of rotatable bonds is 7. The van der Waals surface area contributed by atoms with E-state index in [0.717, 1.165) is 26.2 Å². The number of nitrogens with one attached hydrogen (secondary N) is 2. The van der Waals surface area contributed by atoms with E-state index in [1.807, 2.05) is 0 Å². The average Bonchev–Trinajstić information content (AvgIpc) is 2.67. The molecule has 0 amide bonds. The van der Waals surface area contributed by atoms with Gasteiger partial charge in [-0.25, -0.2) is 22.7 Å². The fourth-order valence-electron chi connectivity index (χ4n) is 2.58. The Morgan fingerprint density at radius 1 is 1.08 bits per heavy atom. The summed E-state index contributed by atoms with van der Waals surface area (Å²) in [5.74, 6) is -1.49. The van der Waals surface area contributed by atoms with Crippen LogP contribution in [-0.2, 0) is 19.5 Å². The molecule has 0 atom stereocenters. The number of nitrogens with zero attached hydrogens (tertiary/aromatic N) is 1. The van der Waals surface area contributed by atoms with Crippen molar-refractivity contribution in [3.63, 3.8) is 0 Å². The van der Waals surface area contributed by atoms with Gasteiger partial charge in [0.2, 0.25) is 10.0 Å². The van der Waals surface area contributed by atoms with Gasteiger partial charge in [0.25, 0.3) is 0 Å². The third-order valence-corrected chi connectivity index (χ3v) is 5.43. The first-order valence-corrected chi connectivity index (χ1v) is 9.60. The molecule has 1 aromatic carbocycles. The molecule has 26 heavy (non-hydrogen) atoms. The molecule has 9 nitrogen and oxygen atoms in total. The Labute approximate surface area is 152 Å². The second kappa shape index (κ2) is 9.08. The van der Waals surface area contributed by atoms with Crippen LogP contribution >= 0.6 is 0 Å². The Balaban J connectivity index is 2.17. The van der Waals surface area contributed by atoms with Gasteiger partial charge >= 0.3 is 11.9 Å². The molecule has 1 fully saturated rings. The van der Waals surface area contributed by atoms with Gasteiger partial charge in [-0.05, 0) is 18.2 Å². The minimum absolute atomic E-state index is 0.0436. The maximum Gasteiger partial charge on any atom is 0.337 e. The lowest BCUT2D eigenvalue weighted by molar-refractivity contribution is 0.0598. The van der Waals surface area contributed by atoms with Gasteiger partial charge in [0.1, 0.15) is 0 Å². The molecule has 1 saturated heterocycles. The number of hydrogen-bond acceptors (Lipinski definition) is 8. The third kappa shape index (κ3) is 5.24. The molecule has 0 spiro atoms. The fourth-order valence-corrected chi connectivity index (χ4v) is 3.67. The second-order valence-corrected chi connectivity index (χ2v) is 7.49. The highest BCUT2D eigenvalue weighted by Gasteiger charge is 2.21. The van der Waals surface area contributed by atoms with Crippen LogP contribution in [0.4, 0.5) is 0 Å². The SMILES string of the molecule is COC(=O)c1cc(C(=O)OC)cc(S(=O)(=O)NCCN2CCNCC2)c1. The average molecular weight is 385 g/mol. The van der Waals surface area contributed by atoms with Crippen molar-refractivity contribution in [3.8, 4) is 0 Å². The van der Waals surface area contributed by atoms with E-state index in [1.165, 1.54) is 32.4 Å². The van der Waals surface area contributed by atoms with E-state index in [-0.39, 0.29) is 22.6 Å². The topological polar surface area (TPSA) is 114 Å². The number of carbonyl (C=O) groups excluding carboxylic acids is 2. The Bertz CT molecular complexity index is 725. The summed E-state index contributed by atoms with van der Waals surface area (Å²) in [4.78, 5) is 25.5. The van der Waals surface area contributed by atoms with E-state index < -0.39 is 22.0 Å². The Morgan fingerprint density at radius 2 is 1.62 bits per heavy atom. The summed E-state index contributed by atoms with van der Waals surface area (Å²) in [6.45, 7) is 4.24. The molecule has 2 N–H and O–H groups in total. The lowest BCUT2D eigenvalue weighted by Crippen LogP contribution is -2.46. The summed E-state index contributed by atoms with van der Waals surface area (Å²) in [7, 11) is -1.55. The van der Waals surface area contributed by atoms with Crippen LogP contribution in [0.15, 0.2) is 23.1 Å². The normalized spacial score (nSPS) is 15.5. The van der Waals surface area contributed by atoms with Gasteiger partial charge in [-0.1, -0.05) is 0 Å².